The van der Waals surface area contributed by atoms with Crippen molar-refractivity contribution in [2.24, 2.45) is 0 Å². The molecule has 0 spiro atoms. The standard InChI is InChI=1S/C15H20N8O2S/c1-4-21-9-15(17-11(21)2)26(24,25)20(3)12-7-22(8-12)14-6-5-13-18-16-10-23(13)19-14/h5-6,9-10,12H,4,7-8H2,1-3H3. The fourth-order valence-electron chi connectivity index (χ4n) is 3.03. The lowest BCUT2D eigenvalue weighted by atomic mass is 10.1. The molecular formula is C15H20N8O2S. The van der Waals surface area contributed by atoms with Crippen molar-refractivity contribution in [3.63, 3.8) is 0 Å². The SMILES string of the molecule is CCn1cc(S(=O)(=O)N(C)C2CN(c3ccc4nncn4n3)C2)nc1C. The molecule has 4 rings (SSSR count). The minimum absolute atomic E-state index is 0.0989. The van der Waals surface area contributed by atoms with E-state index in [-0.39, 0.29) is 11.1 Å². The van der Waals surface area contributed by atoms with E-state index < -0.39 is 10.0 Å². The van der Waals surface area contributed by atoms with Crippen LogP contribution in [0, 0.1) is 6.92 Å². The van der Waals surface area contributed by atoms with E-state index in [0.29, 0.717) is 31.1 Å². The van der Waals surface area contributed by atoms with Crippen LogP contribution in [0.5, 0.6) is 0 Å². The normalized spacial score (nSPS) is 15.8. The lowest BCUT2D eigenvalue weighted by molar-refractivity contribution is 0.308. The van der Waals surface area contributed by atoms with Gasteiger partial charge in [-0.2, -0.15) is 8.82 Å². The highest BCUT2D eigenvalue weighted by Gasteiger charge is 2.38. The number of nitrogens with zero attached hydrogens (tertiary/aromatic N) is 8. The van der Waals surface area contributed by atoms with Crippen LogP contribution in [-0.4, -0.2) is 68.3 Å². The highest BCUT2D eigenvalue weighted by Crippen LogP contribution is 2.25. The first-order valence-corrected chi connectivity index (χ1v) is 9.78. The third-order valence-corrected chi connectivity index (χ3v) is 6.57. The van der Waals surface area contributed by atoms with Crippen LogP contribution in [0.3, 0.4) is 0 Å². The second-order valence-electron chi connectivity index (χ2n) is 6.32. The predicted molar refractivity (Wildman–Crippen MR) is 94.4 cm³/mol. The Morgan fingerprint density at radius 1 is 1.31 bits per heavy atom. The van der Waals surface area contributed by atoms with Crippen molar-refractivity contribution in [3.05, 3.63) is 30.5 Å². The summed E-state index contributed by atoms with van der Waals surface area (Å²) in [6, 6.07) is 3.58. The summed E-state index contributed by atoms with van der Waals surface area (Å²) in [7, 11) is -2.01. The summed E-state index contributed by atoms with van der Waals surface area (Å²) in [5, 5.41) is 12.3. The topological polar surface area (TPSA) is 102 Å². The molecule has 0 bridgehead atoms. The quantitative estimate of drug-likeness (QED) is 0.625. The van der Waals surface area contributed by atoms with Crippen molar-refractivity contribution < 1.29 is 8.42 Å². The fraction of sp³-hybridized carbons (Fsp3) is 0.467. The monoisotopic (exact) mass is 376 g/mol. The van der Waals surface area contributed by atoms with Crippen molar-refractivity contribution >= 4 is 21.5 Å². The number of hydrogen-bond donors (Lipinski definition) is 0. The molecule has 0 amide bonds. The van der Waals surface area contributed by atoms with Gasteiger partial charge in [-0.1, -0.05) is 0 Å². The predicted octanol–water partition coefficient (Wildman–Crippen LogP) is 0.158. The highest BCUT2D eigenvalue weighted by molar-refractivity contribution is 7.89. The molecule has 11 heteroatoms. The van der Waals surface area contributed by atoms with E-state index in [1.165, 1.54) is 4.31 Å². The molecule has 26 heavy (non-hydrogen) atoms. The maximum Gasteiger partial charge on any atom is 0.262 e. The van der Waals surface area contributed by atoms with Gasteiger partial charge in [-0.3, -0.25) is 0 Å². The van der Waals surface area contributed by atoms with Gasteiger partial charge in [-0.05, 0) is 26.0 Å². The third kappa shape index (κ3) is 2.63. The van der Waals surface area contributed by atoms with Gasteiger partial charge in [-0.25, -0.2) is 13.4 Å². The molecule has 0 unspecified atom stereocenters. The first-order valence-electron chi connectivity index (χ1n) is 8.34. The van der Waals surface area contributed by atoms with Crippen LogP contribution < -0.4 is 4.90 Å². The molecule has 0 aromatic carbocycles. The summed E-state index contributed by atoms with van der Waals surface area (Å²) in [5.74, 6) is 1.46. The molecule has 3 aromatic heterocycles. The Kier molecular flexibility index (Phi) is 3.92. The Hall–Kier alpha value is -2.53. The Balaban J connectivity index is 1.48. The van der Waals surface area contributed by atoms with Gasteiger partial charge in [0.15, 0.2) is 10.7 Å². The summed E-state index contributed by atoms with van der Waals surface area (Å²) in [6.07, 6.45) is 3.14. The van der Waals surface area contributed by atoms with Crippen LogP contribution in [0.25, 0.3) is 5.65 Å². The molecule has 1 aliphatic rings. The van der Waals surface area contributed by atoms with E-state index in [2.05, 4.69) is 20.3 Å². The zero-order chi connectivity index (χ0) is 18.5. The summed E-state index contributed by atoms with van der Waals surface area (Å²) >= 11 is 0. The lowest BCUT2D eigenvalue weighted by Gasteiger charge is -2.43. The van der Waals surface area contributed by atoms with Crippen molar-refractivity contribution in [1.82, 2.24) is 33.7 Å². The molecule has 0 radical (unpaired) electrons. The smallest absolute Gasteiger partial charge is 0.262 e. The maximum atomic E-state index is 12.8. The molecule has 0 N–H and O–H groups in total. The van der Waals surface area contributed by atoms with E-state index in [1.807, 2.05) is 28.5 Å². The molecule has 4 heterocycles. The Morgan fingerprint density at radius 3 is 2.77 bits per heavy atom. The number of likely N-dealkylation sites (N-methyl/N-ethyl adjacent to an activating group) is 1. The minimum atomic E-state index is -3.61. The first-order chi connectivity index (χ1) is 12.4. The van der Waals surface area contributed by atoms with E-state index in [4.69, 9.17) is 0 Å². The molecule has 1 aliphatic heterocycles. The minimum Gasteiger partial charge on any atom is -0.352 e. The largest absolute Gasteiger partial charge is 0.352 e. The highest BCUT2D eigenvalue weighted by atomic mass is 32.2. The van der Waals surface area contributed by atoms with Crippen LogP contribution in [0.15, 0.2) is 29.7 Å². The number of imidazole rings is 1. The second kappa shape index (κ2) is 6.02. The van der Waals surface area contributed by atoms with Crippen LogP contribution in [0.1, 0.15) is 12.7 Å². The van der Waals surface area contributed by atoms with Crippen molar-refractivity contribution in [3.8, 4) is 0 Å². The summed E-state index contributed by atoms with van der Waals surface area (Å²) in [6.45, 7) is 5.60. The first kappa shape index (κ1) is 16.9. The van der Waals surface area contributed by atoms with Gasteiger partial charge in [0.05, 0.1) is 6.04 Å². The van der Waals surface area contributed by atoms with Crippen LogP contribution in [0.2, 0.25) is 0 Å². The van der Waals surface area contributed by atoms with Crippen LogP contribution >= 0.6 is 0 Å². The average molecular weight is 376 g/mol. The van der Waals surface area contributed by atoms with Crippen LogP contribution in [-0.2, 0) is 16.6 Å². The summed E-state index contributed by atoms with van der Waals surface area (Å²) in [5.41, 5.74) is 0.674. The van der Waals surface area contributed by atoms with Gasteiger partial charge in [0.2, 0.25) is 0 Å². The maximum absolute atomic E-state index is 12.8. The third-order valence-electron chi connectivity index (χ3n) is 4.79. The second-order valence-corrected chi connectivity index (χ2v) is 8.26. The lowest BCUT2D eigenvalue weighted by Crippen LogP contribution is -2.60. The molecule has 0 aliphatic carbocycles. The molecule has 10 nitrogen and oxygen atoms in total. The fourth-order valence-corrected chi connectivity index (χ4v) is 4.36. The number of rotatable bonds is 5. The number of aromatic nitrogens is 6. The Morgan fingerprint density at radius 2 is 2.08 bits per heavy atom. The molecule has 0 saturated carbocycles. The van der Waals surface area contributed by atoms with Gasteiger partial charge < -0.3 is 9.47 Å². The van der Waals surface area contributed by atoms with E-state index in [9.17, 15) is 8.42 Å². The van der Waals surface area contributed by atoms with Crippen LogP contribution in [0.4, 0.5) is 5.82 Å². The zero-order valence-electron chi connectivity index (χ0n) is 14.8. The molecule has 3 aromatic rings. The van der Waals surface area contributed by atoms with Gasteiger partial charge in [0, 0.05) is 32.9 Å². The number of aryl methyl sites for hydroxylation is 2. The van der Waals surface area contributed by atoms with E-state index in [1.54, 1.807) is 31.0 Å². The van der Waals surface area contributed by atoms with Gasteiger partial charge in [0.1, 0.15) is 18.0 Å². The van der Waals surface area contributed by atoms with Crippen molar-refractivity contribution in [1.29, 1.82) is 0 Å². The van der Waals surface area contributed by atoms with Gasteiger partial charge in [-0.15, -0.1) is 15.3 Å². The summed E-state index contributed by atoms with van der Waals surface area (Å²) in [4.78, 5) is 6.23. The molecule has 1 fully saturated rings. The average Bonchev–Trinajstić information content (AvgIpc) is 3.19. The molecule has 138 valence electrons. The molecular weight excluding hydrogens is 356 g/mol. The zero-order valence-corrected chi connectivity index (χ0v) is 15.6. The van der Waals surface area contributed by atoms with E-state index in [0.717, 1.165) is 5.82 Å². The molecule has 0 atom stereocenters. The van der Waals surface area contributed by atoms with Gasteiger partial charge in [0.25, 0.3) is 10.0 Å². The molecule has 1 saturated heterocycles. The number of sulfonamides is 1. The van der Waals surface area contributed by atoms with Crippen molar-refractivity contribution in [2.45, 2.75) is 31.5 Å². The van der Waals surface area contributed by atoms with Gasteiger partial charge >= 0.3 is 0 Å². The Bertz CT molecular complexity index is 1050. The number of hydrogen-bond acceptors (Lipinski definition) is 7. The summed E-state index contributed by atoms with van der Waals surface area (Å²) < 4.78 is 30.5. The number of anilines is 1. The van der Waals surface area contributed by atoms with Crippen molar-refractivity contribution in [2.75, 3.05) is 25.0 Å². The van der Waals surface area contributed by atoms with E-state index >= 15 is 0 Å². The Labute approximate surface area is 151 Å². The number of fused-ring (bicyclic) bond motifs is 1.